The summed E-state index contributed by atoms with van der Waals surface area (Å²) in [5.74, 6) is -0.471. The fourth-order valence-electron chi connectivity index (χ4n) is 1.52. The number of aryl methyl sites for hydroxylation is 1. The third kappa shape index (κ3) is 5.22. The number of hydrogen-bond acceptors (Lipinski definition) is 5. The summed E-state index contributed by atoms with van der Waals surface area (Å²) in [6.07, 6.45) is 0. The molecule has 0 radical (unpaired) electrons. The Kier molecular flexibility index (Phi) is 6.55. The zero-order valence-electron chi connectivity index (χ0n) is 10.8. The van der Waals surface area contributed by atoms with Crippen molar-refractivity contribution in [3.05, 3.63) is 17.7 Å². The van der Waals surface area contributed by atoms with Crippen LogP contribution in [0.25, 0.3) is 0 Å². The fourth-order valence-corrected chi connectivity index (χ4v) is 14.5. The number of anilines is 1. The van der Waals surface area contributed by atoms with Crippen LogP contribution < -0.4 is 11.9 Å². The van der Waals surface area contributed by atoms with Gasteiger partial charge in [0.05, 0.1) is 0 Å². The zero-order valence-corrected chi connectivity index (χ0v) is 21.8. The Bertz CT molecular complexity index is 476. The van der Waals surface area contributed by atoms with Crippen molar-refractivity contribution in [2.45, 2.75) is 20.8 Å². The topological polar surface area (TPSA) is 78.6 Å². The van der Waals surface area contributed by atoms with Crippen molar-refractivity contribution in [2.24, 2.45) is 0 Å². The molecular formula is C11H13Hg2NO4. The molecule has 0 fully saturated rings. The number of carbonyl (C=O) groups is 2. The van der Waals surface area contributed by atoms with E-state index in [1.807, 2.05) is 19.1 Å². The first-order valence-electron chi connectivity index (χ1n) is 5.54. The molecule has 0 aliphatic carbocycles. The van der Waals surface area contributed by atoms with Crippen LogP contribution in [0.1, 0.15) is 19.4 Å². The van der Waals surface area contributed by atoms with E-state index in [0.29, 0.717) is 0 Å². The molecule has 0 atom stereocenters. The molecule has 0 saturated carbocycles. The van der Waals surface area contributed by atoms with Gasteiger partial charge in [-0.25, -0.2) is 0 Å². The maximum absolute atomic E-state index is 10.9. The van der Waals surface area contributed by atoms with Gasteiger partial charge in [0.1, 0.15) is 0 Å². The van der Waals surface area contributed by atoms with Gasteiger partial charge in [-0.05, 0) is 0 Å². The van der Waals surface area contributed by atoms with Gasteiger partial charge in [0.25, 0.3) is 0 Å². The second-order valence-corrected chi connectivity index (χ2v) is 14.7. The number of nitrogen functional groups attached to an aromatic ring is 1. The first-order chi connectivity index (χ1) is 8.40. The molecule has 0 spiro atoms. The number of hydrogen-bond donors (Lipinski definition) is 1. The molecule has 5 nitrogen and oxygen atoms in total. The monoisotopic (exact) mass is 627 g/mol. The molecule has 90 valence electrons. The normalized spacial score (nSPS) is 9.06. The van der Waals surface area contributed by atoms with Crippen LogP contribution in [0.5, 0.6) is 0 Å². The van der Waals surface area contributed by atoms with E-state index >= 15 is 0 Å². The predicted molar refractivity (Wildman–Crippen MR) is 58.4 cm³/mol. The molecular weight excluding hydrogens is 611 g/mol. The van der Waals surface area contributed by atoms with E-state index in [-0.39, 0.29) is 11.9 Å². The third-order valence-electron chi connectivity index (χ3n) is 2.41. The van der Waals surface area contributed by atoms with E-state index in [0.717, 1.165) is 17.4 Å². The molecule has 0 unspecified atom stereocenters. The second kappa shape index (κ2) is 7.43. The minimum absolute atomic E-state index is 0.225. The first kappa shape index (κ1) is 15.9. The zero-order chi connectivity index (χ0) is 13.7. The quantitative estimate of drug-likeness (QED) is 0.376. The molecule has 0 aliphatic heterocycles. The molecule has 1 aromatic rings. The van der Waals surface area contributed by atoms with E-state index in [9.17, 15) is 9.59 Å². The standard InChI is InChI=1S/C7H7N.2C2H4O2.2Hg/c1-6-4-2-3-5-7(6)8;2*1-2(3)4;;/h3-4H,8H2,1H3;2*1H3,(H,3,4);;/q;;;2*+1/p-2. The van der Waals surface area contributed by atoms with Crippen molar-refractivity contribution in [3.63, 3.8) is 0 Å². The van der Waals surface area contributed by atoms with Crippen LogP contribution in [0.2, 0.25) is 0 Å². The Hall–Kier alpha value is -0.170. The van der Waals surface area contributed by atoms with Crippen molar-refractivity contribution in [1.82, 2.24) is 0 Å². The number of rotatable bonds is 4. The van der Waals surface area contributed by atoms with Crippen molar-refractivity contribution in [2.75, 3.05) is 5.73 Å². The third-order valence-corrected chi connectivity index (χ3v) is 13.1. The number of carbonyl (C=O) groups excluding carboxylic acids is 2. The Morgan fingerprint density at radius 2 is 1.67 bits per heavy atom. The first-order valence-corrected chi connectivity index (χ1v) is 15.5. The van der Waals surface area contributed by atoms with Crippen molar-refractivity contribution >= 4 is 23.8 Å². The van der Waals surface area contributed by atoms with Gasteiger partial charge in [0.15, 0.2) is 0 Å². The van der Waals surface area contributed by atoms with Crippen molar-refractivity contribution < 1.29 is 64.9 Å². The molecule has 2 N–H and O–H groups in total. The van der Waals surface area contributed by atoms with Crippen LogP contribution in [0.15, 0.2) is 12.1 Å². The Morgan fingerprint density at radius 3 is 2.22 bits per heavy atom. The fraction of sp³-hybridized carbons (Fsp3) is 0.273. The molecule has 0 amide bonds. The molecule has 0 heterocycles. The molecule has 0 aromatic heterocycles. The Labute approximate surface area is 132 Å². The number of benzene rings is 1. The SMILES string of the molecule is CC(=O)[O][Hg][c]1cc(C)c(N)[c]([Hg][O]C(C)=O)c1. The summed E-state index contributed by atoms with van der Waals surface area (Å²) in [4.78, 5) is 21.7. The molecule has 0 aliphatic rings. The molecule has 0 bridgehead atoms. The van der Waals surface area contributed by atoms with Crippen LogP contribution in [-0.2, 0) is 64.9 Å². The average Bonchev–Trinajstić information content (AvgIpc) is 2.28. The molecule has 18 heavy (non-hydrogen) atoms. The van der Waals surface area contributed by atoms with Crippen molar-refractivity contribution in [1.29, 1.82) is 0 Å². The van der Waals surface area contributed by atoms with Crippen LogP contribution in [0.4, 0.5) is 5.69 Å². The van der Waals surface area contributed by atoms with Gasteiger partial charge in [-0.15, -0.1) is 0 Å². The summed E-state index contributed by atoms with van der Waals surface area (Å²) < 4.78 is 12.4. The summed E-state index contributed by atoms with van der Waals surface area (Å²) >= 11 is -3.76. The van der Waals surface area contributed by atoms with Gasteiger partial charge < -0.3 is 0 Å². The summed E-state index contributed by atoms with van der Waals surface area (Å²) in [5.41, 5.74) is 7.67. The average molecular weight is 624 g/mol. The van der Waals surface area contributed by atoms with E-state index in [4.69, 9.17) is 11.0 Å². The summed E-state index contributed by atoms with van der Waals surface area (Å²) in [5, 5.41) is 0. The van der Waals surface area contributed by atoms with Crippen molar-refractivity contribution in [3.8, 4) is 0 Å². The minimum atomic E-state index is -1.93. The summed E-state index contributed by atoms with van der Waals surface area (Å²) in [7, 11) is 0. The van der Waals surface area contributed by atoms with Crippen LogP contribution in [0.3, 0.4) is 0 Å². The molecule has 1 rings (SSSR count). The van der Waals surface area contributed by atoms with Crippen LogP contribution >= 0.6 is 0 Å². The van der Waals surface area contributed by atoms with Gasteiger partial charge in [-0.2, -0.15) is 0 Å². The van der Waals surface area contributed by atoms with Gasteiger partial charge >= 0.3 is 133 Å². The summed E-state index contributed by atoms with van der Waals surface area (Å²) in [6.45, 7) is 4.75. The number of nitrogens with two attached hydrogens (primary N) is 1. The summed E-state index contributed by atoms with van der Waals surface area (Å²) in [6, 6.07) is 3.95. The van der Waals surface area contributed by atoms with E-state index < -0.39 is 50.1 Å². The second-order valence-electron chi connectivity index (χ2n) is 4.05. The van der Waals surface area contributed by atoms with Gasteiger partial charge in [-0.1, -0.05) is 0 Å². The molecule has 7 heteroatoms. The molecule has 1 aromatic carbocycles. The predicted octanol–water partition coefficient (Wildman–Crippen LogP) is -0.0510. The maximum atomic E-state index is 10.9. The Balaban J connectivity index is 2.87. The Morgan fingerprint density at radius 1 is 1.11 bits per heavy atom. The van der Waals surface area contributed by atoms with E-state index in [1.165, 1.54) is 13.8 Å². The van der Waals surface area contributed by atoms with Crippen LogP contribution in [-0.4, -0.2) is 11.9 Å². The van der Waals surface area contributed by atoms with Crippen LogP contribution in [0, 0.1) is 6.92 Å². The van der Waals surface area contributed by atoms with Gasteiger partial charge in [-0.3, -0.25) is 0 Å². The van der Waals surface area contributed by atoms with E-state index in [1.54, 1.807) is 0 Å². The van der Waals surface area contributed by atoms with Gasteiger partial charge in [0.2, 0.25) is 0 Å². The molecule has 0 saturated heterocycles. The van der Waals surface area contributed by atoms with Gasteiger partial charge in [0, 0.05) is 0 Å². The van der Waals surface area contributed by atoms with E-state index in [2.05, 4.69) is 0 Å².